The molecule has 15 nitrogen and oxygen atoms in total. The molecule has 47 heavy (non-hydrogen) atoms. The highest BCUT2D eigenvalue weighted by molar-refractivity contribution is 5.66. The topological polar surface area (TPSA) is 154 Å². The summed E-state index contributed by atoms with van der Waals surface area (Å²) >= 11 is 0. The van der Waals surface area contributed by atoms with E-state index >= 15 is 0 Å². The summed E-state index contributed by atoms with van der Waals surface area (Å²) in [6.07, 6.45) is -6.08. The van der Waals surface area contributed by atoms with Crippen molar-refractivity contribution < 1.29 is 71.2 Å². The molecule has 4 fully saturated rings. The zero-order chi connectivity index (χ0) is 34.4. The maximum atomic E-state index is 11.6. The first kappa shape index (κ1) is 38.3. The lowest BCUT2D eigenvalue weighted by Gasteiger charge is -2.47. The zero-order valence-corrected chi connectivity index (χ0v) is 29.2. The lowest BCUT2D eigenvalue weighted by atomic mass is 9.98. The Morgan fingerprint density at radius 3 is 1.04 bits per heavy atom. The van der Waals surface area contributed by atoms with E-state index < -0.39 is 85.9 Å². The maximum Gasteiger partial charge on any atom is 0.304 e. The second-order valence-corrected chi connectivity index (χ2v) is 12.6. The Hall–Kier alpha value is -1.50. The Morgan fingerprint density at radius 2 is 0.723 bits per heavy atom. The van der Waals surface area contributed by atoms with Gasteiger partial charge < -0.3 is 61.6 Å². The fraction of sp³-hybridized carbons (Fsp3) is 0.938. The summed E-state index contributed by atoms with van der Waals surface area (Å²) in [6, 6.07) is 0. The molecule has 0 bridgehead atoms. The molecule has 16 atom stereocenters. The van der Waals surface area contributed by atoms with Gasteiger partial charge in [-0.1, -0.05) is 0 Å². The minimum absolute atomic E-state index is 0.336. The Balaban J connectivity index is 1.33. The first-order valence-electron chi connectivity index (χ1n) is 16.4. The predicted molar refractivity (Wildman–Crippen MR) is 161 cm³/mol. The van der Waals surface area contributed by atoms with E-state index in [2.05, 4.69) is 0 Å². The lowest BCUT2D eigenvalue weighted by Crippen LogP contribution is -2.58. The van der Waals surface area contributed by atoms with Crippen molar-refractivity contribution in [3.05, 3.63) is 0 Å². The summed E-state index contributed by atoms with van der Waals surface area (Å²) in [7, 11) is 6.41. The van der Waals surface area contributed by atoms with E-state index in [1.54, 1.807) is 28.4 Å². The highest BCUT2D eigenvalue weighted by Gasteiger charge is 2.48. The van der Waals surface area contributed by atoms with Crippen molar-refractivity contribution >= 4 is 11.9 Å². The molecule has 4 rings (SSSR count). The van der Waals surface area contributed by atoms with Gasteiger partial charge >= 0.3 is 11.9 Å². The molecule has 0 aromatic heterocycles. The van der Waals surface area contributed by atoms with Gasteiger partial charge in [0.15, 0.2) is 25.0 Å². The Morgan fingerprint density at radius 1 is 0.447 bits per heavy atom. The third-order valence-electron chi connectivity index (χ3n) is 9.22. The molecule has 0 spiro atoms. The van der Waals surface area contributed by atoms with Crippen LogP contribution in [0.15, 0.2) is 0 Å². The van der Waals surface area contributed by atoms with Crippen LogP contribution in [0, 0.1) is 0 Å². The van der Waals surface area contributed by atoms with Crippen molar-refractivity contribution in [3.8, 4) is 0 Å². The van der Waals surface area contributed by atoms with Gasteiger partial charge in [-0.05, 0) is 27.7 Å². The number of carbonyl (C=O) groups excluding carboxylic acids is 2. The fourth-order valence-electron chi connectivity index (χ4n) is 6.92. The van der Waals surface area contributed by atoms with Gasteiger partial charge in [0.25, 0.3) is 0 Å². The predicted octanol–water partition coefficient (Wildman–Crippen LogP) is 2.24. The largest absolute Gasteiger partial charge is 0.457 e. The number of methoxy groups -OCH3 is 4. The molecule has 0 amide bonds. The van der Waals surface area contributed by atoms with Crippen molar-refractivity contribution in [2.45, 2.75) is 166 Å². The average Bonchev–Trinajstić information content (AvgIpc) is 3.01. The summed E-state index contributed by atoms with van der Waals surface area (Å²) in [4.78, 5) is 23.0. The van der Waals surface area contributed by atoms with E-state index in [0.29, 0.717) is 25.7 Å². The first-order chi connectivity index (χ1) is 22.4. The number of hydrogen-bond donors (Lipinski definition) is 0. The quantitative estimate of drug-likeness (QED) is 0.277. The van der Waals surface area contributed by atoms with E-state index in [0.717, 1.165) is 0 Å². The highest BCUT2D eigenvalue weighted by atomic mass is 16.8. The second-order valence-electron chi connectivity index (χ2n) is 12.6. The van der Waals surface area contributed by atoms with Crippen molar-refractivity contribution in [1.82, 2.24) is 0 Å². The molecule has 0 saturated carbocycles. The van der Waals surface area contributed by atoms with Crippen LogP contribution < -0.4 is 0 Å². The molecular formula is C32H54O15. The van der Waals surface area contributed by atoms with Crippen LogP contribution in [0.2, 0.25) is 0 Å². The van der Waals surface area contributed by atoms with Gasteiger partial charge in [0, 0.05) is 68.0 Å². The molecule has 4 aliphatic heterocycles. The van der Waals surface area contributed by atoms with E-state index in [9.17, 15) is 9.59 Å². The van der Waals surface area contributed by atoms with E-state index in [-0.39, 0.29) is 24.4 Å². The van der Waals surface area contributed by atoms with E-state index in [4.69, 9.17) is 61.6 Å². The standard InChI is InChI=1S/C32H54O15/c1-15-29(44-20(6)34)21(35-7)12-26(40-15)45-31-17(3)42-28(14-23(31)37-9)47-32-18(4)41-27(13-24(32)38-10)46-30-16(2)39-25(43-19(5)33)11-22(30)36-8/h15-18,21-32H,11-14H2,1-10H3/t15-,16-,17-,18-,21-,22-,23-,24-,25+,26+,27+,28+,29-,30-,31-,32-/m1/s1. The van der Waals surface area contributed by atoms with Gasteiger partial charge in [0.05, 0.1) is 42.7 Å². The van der Waals surface area contributed by atoms with E-state index in [1.807, 2.05) is 27.7 Å². The van der Waals surface area contributed by atoms with Gasteiger partial charge in [0.2, 0.25) is 6.29 Å². The highest BCUT2D eigenvalue weighted by Crippen LogP contribution is 2.35. The fourth-order valence-corrected chi connectivity index (χ4v) is 6.92. The van der Waals surface area contributed by atoms with Crippen LogP contribution in [-0.4, -0.2) is 139 Å². The number of esters is 2. The molecule has 0 radical (unpaired) electrons. The lowest BCUT2D eigenvalue weighted by molar-refractivity contribution is -0.345. The van der Waals surface area contributed by atoms with Gasteiger partial charge in [-0.25, -0.2) is 0 Å². The normalized spacial score (nSPS) is 44.5. The molecule has 0 aliphatic carbocycles. The maximum absolute atomic E-state index is 11.6. The Bertz CT molecular complexity index is 1000. The van der Waals surface area contributed by atoms with Crippen molar-refractivity contribution in [1.29, 1.82) is 0 Å². The number of ether oxygens (including phenoxy) is 13. The monoisotopic (exact) mass is 678 g/mol. The third kappa shape index (κ3) is 9.81. The third-order valence-corrected chi connectivity index (χ3v) is 9.22. The van der Waals surface area contributed by atoms with Gasteiger partial charge in [-0.2, -0.15) is 0 Å². The zero-order valence-electron chi connectivity index (χ0n) is 29.2. The number of carbonyl (C=O) groups is 2. The van der Waals surface area contributed by atoms with Crippen LogP contribution in [0.25, 0.3) is 0 Å². The molecule has 0 aromatic rings. The van der Waals surface area contributed by atoms with Gasteiger partial charge in [0.1, 0.15) is 24.4 Å². The molecule has 272 valence electrons. The summed E-state index contributed by atoms with van der Waals surface area (Å²) in [5, 5.41) is 0. The average molecular weight is 679 g/mol. The second kappa shape index (κ2) is 17.4. The summed E-state index contributed by atoms with van der Waals surface area (Å²) in [5.41, 5.74) is 0. The molecular weight excluding hydrogens is 624 g/mol. The Labute approximate surface area is 277 Å². The molecule has 4 aliphatic rings. The Kier molecular flexibility index (Phi) is 14.2. The van der Waals surface area contributed by atoms with Crippen LogP contribution in [0.1, 0.15) is 67.2 Å². The van der Waals surface area contributed by atoms with Crippen LogP contribution in [-0.2, 0) is 71.2 Å². The van der Waals surface area contributed by atoms with Gasteiger partial charge in [-0.3, -0.25) is 9.59 Å². The molecule has 4 saturated heterocycles. The van der Waals surface area contributed by atoms with Crippen LogP contribution in [0.5, 0.6) is 0 Å². The molecule has 0 aromatic carbocycles. The number of hydrogen-bond acceptors (Lipinski definition) is 15. The van der Waals surface area contributed by atoms with E-state index in [1.165, 1.54) is 13.8 Å². The van der Waals surface area contributed by atoms with Crippen molar-refractivity contribution in [2.24, 2.45) is 0 Å². The number of rotatable bonds is 12. The SMILES string of the molecule is CO[C@@H]1C[C@H](O[C@@H]2[C@@H](C)O[C@@H](O[C@@H]3[C@@H](C)O[C@@H](O[C@@H]4[C@@H](C)O[C@@H](OC(C)=O)C[C@H]4OC)C[C@H]3OC)C[C@H]2OC)O[C@H](C)[C@H]1OC(C)=O. The minimum Gasteiger partial charge on any atom is -0.457 e. The first-order valence-corrected chi connectivity index (χ1v) is 16.4. The minimum atomic E-state index is -0.706. The molecule has 15 heteroatoms. The summed E-state index contributed by atoms with van der Waals surface area (Å²) in [6.45, 7) is 10.2. The van der Waals surface area contributed by atoms with Gasteiger partial charge in [-0.15, -0.1) is 0 Å². The van der Waals surface area contributed by atoms with Crippen molar-refractivity contribution in [3.63, 3.8) is 0 Å². The molecule has 0 unspecified atom stereocenters. The van der Waals surface area contributed by atoms with Crippen LogP contribution in [0.4, 0.5) is 0 Å². The summed E-state index contributed by atoms with van der Waals surface area (Å²) < 4.78 is 77.4. The molecule has 4 heterocycles. The van der Waals surface area contributed by atoms with Crippen LogP contribution in [0.3, 0.4) is 0 Å². The van der Waals surface area contributed by atoms with Crippen molar-refractivity contribution in [2.75, 3.05) is 28.4 Å². The smallest absolute Gasteiger partial charge is 0.304 e. The summed E-state index contributed by atoms with van der Waals surface area (Å²) in [5.74, 6) is -0.818. The molecule has 0 N–H and O–H groups in total. The van der Waals surface area contributed by atoms with Crippen LogP contribution >= 0.6 is 0 Å².